The van der Waals surface area contributed by atoms with Gasteiger partial charge < -0.3 is 24.6 Å². The minimum atomic E-state index is -0.528. The molecule has 1 heterocycles. The van der Waals surface area contributed by atoms with Crippen LogP contribution in [0.5, 0.6) is 11.5 Å². The molecule has 154 valence electrons. The molecule has 0 fully saturated rings. The lowest BCUT2D eigenvalue weighted by Crippen LogP contribution is -2.46. The second-order valence-electron chi connectivity index (χ2n) is 7.20. The number of fused-ring (bicyclic) bond motifs is 1. The first kappa shape index (κ1) is 20.7. The summed E-state index contributed by atoms with van der Waals surface area (Å²) in [5.74, 6) is 1.13. The number of nitrogens with zero attached hydrogens (tertiary/aromatic N) is 2. The number of likely N-dealkylation sites (N-methyl/N-ethyl adjacent to an activating group) is 1. The van der Waals surface area contributed by atoms with E-state index in [0.717, 1.165) is 12.3 Å². The Hall–Kier alpha value is -3.06. The molecule has 0 aliphatic carbocycles. The summed E-state index contributed by atoms with van der Waals surface area (Å²) in [6, 6.07) is 14.7. The molecule has 1 unspecified atom stereocenters. The molecule has 0 saturated carbocycles. The Morgan fingerprint density at radius 3 is 2.69 bits per heavy atom. The van der Waals surface area contributed by atoms with E-state index in [0.29, 0.717) is 23.7 Å². The summed E-state index contributed by atoms with van der Waals surface area (Å²) in [5, 5.41) is 2.87. The highest BCUT2D eigenvalue weighted by atomic mass is 16.5. The maximum Gasteiger partial charge on any atom is 0.267 e. The molecule has 1 N–H and O–H groups in total. The van der Waals surface area contributed by atoms with Crippen LogP contribution >= 0.6 is 0 Å². The molecule has 1 aliphatic heterocycles. The van der Waals surface area contributed by atoms with Gasteiger partial charge in [0.25, 0.3) is 5.91 Å². The molecular formula is C22H27N3O4. The van der Waals surface area contributed by atoms with Crippen molar-refractivity contribution in [2.24, 2.45) is 0 Å². The zero-order chi connectivity index (χ0) is 20.8. The van der Waals surface area contributed by atoms with E-state index in [2.05, 4.69) is 5.32 Å². The quantitative estimate of drug-likeness (QED) is 0.742. The Kier molecular flexibility index (Phi) is 6.72. The number of para-hydroxylation sites is 1. The Morgan fingerprint density at radius 1 is 1.21 bits per heavy atom. The van der Waals surface area contributed by atoms with Gasteiger partial charge in [0.15, 0.2) is 6.10 Å². The fraction of sp³-hybridized carbons (Fsp3) is 0.364. The van der Waals surface area contributed by atoms with Crippen molar-refractivity contribution in [1.82, 2.24) is 4.90 Å². The molecule has 0 spiro atoms. The molecule has 1 atom stereocenters. The Morgan fingerprint density at radius 2 is 1.97 bits per heavy atom. The van der Waals surface area contributed by atoms with Gasteiger partial charge in [-0.1, -0.05) is 18.2 Å². The van der Waals surface area contributed by atoms with Gasteiger partial charge >= 0.3 is 0 Å². The van der Waals surface area contributed by atoms with Crippen molar-refractivity contribution in [2.75, 3.05) is 44.0 Å². The molecule has 2 aromatic carbocycles. The van der Waals surface area contributed by atoms with Gasteiger partial charge in [0.2, 0.25) is 5.91 Å². The predicted octanol–water partition coefficient (Wildman–Crippen LogP) is 2.77. The predicted molar refractivity (Wildman–Crippen MR) is 113 cm³/mol. The van der Waals surface area contributed by atoms with Crippen LogP contribution in [0.15, 0.2) is 48.5 Å². The second-order valence-corrected chi connectivity index (χ2v) is 7.20. The lowest BCUT2D eigenvalue weighted by atomic mass is 10.1. The molecule has 3 rings (SSSR count). The fourth-order valence-corrected chi connectivity index (χ4v) is 3.02. The Labute approximate surface area is 171 Å². The monoisotopic (exact) mass is 397 g/mol. The molecule has 2 amide bonds. The van der Waals surface area contributed by atoms with Gasteiger partial charge in [-0.25, -0.2) is 0 Å². The number of hydrogen-bond donors (Lipinski definition) is 1. The summed E-state index contributed by atoms with van der Waals surface area (Å²) < 4.78 is 11.3. The third-order valence-corrected chi connectivity index (χ3v) is 4.56. The standard InChI is InChI=1S/C22H27N3O4/c1-16-22(27)25(13-12-24(2)3)19-15-17(9-10-20(19)29-16)23-21(26)11-14-28-18-7-5-4-6-8-18/h4-10,15-16H,11-14H2,1-3H3,(H,23,26). The van der Waals surface area contributed by atoms with Gasteiger partial charge in [-0.3, -0.25) is 9.59 Å². The minimum Gasteiger partial charge on any atom is -0.493 e. The van der Waals surface area contributed by atoms with E-state index >= 15 is 0 Å². The van der Waals surface area contributed by atoms with Crippen molar-refractivity contribution in [3.8, 4) is 11.5 Å². The molecular weight excluding hydrogens is 370 g/mol. The Bertz CT molecular complexity index is 854. The van der Waals surface area contributed by atoms with E-state index in [1.54, 1.807) is 30.0 Å². The smallest absolute Gasteiger partial charge is 0.267 e. The number of anilines is 2. The molecule has 0 radical (unpaired) electrons. The fourth-order valence-electron chi connectivity index (χ4n) is 3.02. The van der Waals surface area contributed by atoms with E-state index in [4.69, 9.17) is 9.47 Å². The van der Waals surface area contributed by atoms with Gasteiger partial charge in [0.1, 0.15) is 11.5 Å². The highest BCUT2D eigenvalue weighted by molar-refractivity contribution is 6.01. The zero-order valence-electron chi connectivity index (χ0n) is 17.1. The maximum absolute atomic E-state index is 12.6. The number of ether oxygens (including phenoxy) is 2. The largest absolute Gasteiger partial charge is 0.493 e. The molecule has 29 heavy (non-hydrogen) atoms. The van der Waals surface area contributed by atoms with Crippen LogP contribution < -0.4 is 19.7 Å². The van der Waals surface area contributed by atoms with Crippen molar-refractivity contribution >= 4 is 23.2 Å². The van der Waals surface area contributed by atoms with Gasteiger partial charge in [-0.15, -0.1) is 0 Å². The number of rotatable bonds is 8. The number of carbonyl (C=O) groups is 2. The summed E-state index contributed by atoms with van der Waals surface area (Å²) in [6.45, 7) is 3.31. The molecule has 7 heteroatoms. The number of hydrogen-bond acceptors (Lipinski definition) is 5. The summed E-state index contributed by atoms with van der Waals surface area (Å²) >= 11 is 0. The molecule has 0 bridgehead atoms. The van der Waals surface area contributed by atoms with Crippen molar-refractivity contribution in [1.29, 1.82) is 0 Å². The molecule has 0 aromatic heterocycles. The maximum atomic E-state index is 12.6. The number of nitrogens with one attached hydrogen (secondary N) is 1. The van der Waals surface area contributed by atoms with E-state index in [1.165, 1.54) is 0 Å². The lowest BCUT2D eigenvalue weighted by Gasteiger charge is -2.34. The Balaban J connectivity index is 1.63. The van der Waals surface area contributed by atoms with Crippen LogP contribution in [0.1, 0.15) is 13.3 Å². The second kappa shape index (κ2) is 9.43. The van der Waals surface area contributed by atoms with Crippen LogP contribution in [-0.4, -0.2) is 56.6 Å². The molecule has 1 aliphatic rings. The third kappa shape index (κ3) is 5.48. The van der Waals surface area contributed by atoms with E-state index in [1.807, 2.05) is 49.3 Å². The van der Waals surface area contributed by atoms with Crippen molar-refractivity contribution in [3.05, 3.63) is 48.5 Å². The topological polar surface area (TPSA) is 71.1 Å². The van der Waals surface area contributed by atoms with Gasteiger partial charge in [-0.2, -0.15) is 0 Å². The van der Waals surface area contributed by atoms with Crippen molar-refractivity contribution in [2.45, 2.75) is 19.4 Å². The average molecular weight is 397 g/mol. The third-order valence-electron chi connectivity index (χ3n) is 4.56. The SMILES string of the molecule is CC1Oc2ccc(NC(=O)CCOc3ccccc3)cc2N(CCN(C)C)C1=O. The minimum absolute atomic E-state index is 0.0842. The first-order chi connectivity index (χ1) is 13.9. The molecule has 0 saturated heterocycles. The normalized spacial score (nSPS) is 15.7. The van der Waals surface area contributed by atoms with Crippen LogP contribution in [0.25, 0.3) is 0 Å². The summed E-state index contributed by atoms with van der Waals surface area (Å²) in [4.78, 5) is 28.6. The van der Waals surface area contributed by atoms with E-state index in [9.17, 15) is 9.59 Å². The summed E-state index contributed by atoms with van der Waals surface area (Å²) in [5.41, 5.74) is 1.29. The van der Waals surface area contributed by atoms with Crippen LogP contribution in [0, 0.1) is 0 Å². The number of carbonyl (C=O) groups excluding carboxylic acids is 2. The number of amides is 2. The first-order valence-electron chi connectivity index (χ1n) is 9.68. The zero-order valence-corrected chi connectivity index (χ0v) is 17.1. The van der Waals surface area contributed by atoms with Gasteiger partial charge in [0, 0.05) is 18.8 Å². The average Bonchev–Trinajstić information content (AvgIpc) is 2.69. The number of benzene rings is 2. The summed E-state index contributed by atoms with van der Waals surface area (Å²) in [6.07, 6.45) is -0.303. The molecule has 2 aromatic rings. The van der Waals surface area contributed by atoms with E-state index < -0.39 is 6.10 Å². The van der Waals surface area contributed by atoms with Gasteiger partial charge in [-0.05, 0) is 51.4 Å². The van der Waals surface area contributed by atoms with Crippen LogP contribution in [0.4, 0.5) is 11.4 Å². The van der Waals surface area contributed by atoms with Crippen LogP contribution in [0.3, 0.4) is 0 Å². The van der Waals surface area contributed by atoms with E-state index in [-0.39, 0.29) is 24.8 Å². The lowest BCUT2D eigenvalue weighted by molar-refractivity contribution is -0.125. The van der Waals surface area contributed by atoms with Crippen molar-refractivity contribution < 1.29 is 19.1 Å². The summed E-state index contributed by atoms with van der Waals surface area (Å²) in [7, 11) is 3.92. The van der Waals surface area contributed by atoms with Crippen LogP contribution in [0.2, 0.25) is 0 Å². The van der Waals surface area contributed by atoms with Gasteiger partial charge in [0.05, 0.1) is 18.7 Å². The highest BCUT2D eigenvalue weighted by Gasteiger charge is 2.31. The molecule has 7 nitrogen and oxygen atoms in total. The van der Waals surface area contributed by atoms with Crippen LogP contribution in [-0.2, 0) is 9.59 Å². The first-order valence-corrected chi connectivity index (χ1v) is 9.68. The highest BCUT2D eigenvalue weighted by Crippen LogP contribution is 2.36. The van der Waals surface area contributed by atoms with Crippen molar-refractivity contribution in [3.63, 3.8) is 0 Å².